The van der Waals surface area contributed by atoms with Gasteiger partial charge in [0.25, 0.3) is 0 Å². The number of phenols is 1. The van der Waals surface area contributed by atoms with E-state index in [1.54, 1.807) is 19.1 Å². The Labute approximate surface area is 207 Å². The molecule has 0 spiro atoms. The number of anilines is 1. The van der Waals surface area contributed by atoms with Gasteiger partial charge in [-0.3, -0.25) is 4.79 Å². The molecule has 0 saturated heterocycles. The summed E-state index contributed by atoms with van der Waals surface area (Å²) in [6, 6.07) is 17.6. The van der Waals surface area contributed by atoms with E-state index < -0.39 is 11.9 Å². The van der Waals surface area contributed by atoms with Crippen molar-refractivity contribution in [3.8, 4) is 17.2 Å². The first-order valence-electron chi connectivity index (χ1n) is 10.5. The van der Waals surface area contributed by atoms with E-state index in [-0.39, 0.29) is 39.9 Å². The first-order chi connectivity index (χ1) is 16.3. The molecule has 0 aromatic heterocycles. The fourth-order valence-electron chi connectivity index (χ4n) is 3.12. The number of carbonyl (C=O) groups is 2. The molecule has 1 atom stereocenters. The molecule has 0 aliphatic heterocycles. The van der Waals surface area contributed by atoms with E-state index in [0.717, 1.165) is 5.56 Å². The number of benzene rings is 3. The number of ether oxygens (including phenoxy) is 2. The van der Waals surface area contributed by atoms with Crippen molar-refractivity contribution in [2.24, 2.45) is 0 Å². The molecule has 34 heavy (non-hydrogen) atoms. The molecular formula is C25H24Cl2N2O5. The van der Waals surface area contributed by atoms with Crippen molar-refractivity contribution < 1.29 is 24.2 Å². The van der Waals surface area contributed by atoms with Crippen LogP contribution < -0.4 is 15.4 Å². The molecule has 0 saturated carbocycles. The zero-order chi connectivity index (χ0) is 24.7. The summed E-state index contributed by atoms with van der Waals surface area (Å²) in [6.45, 7) is 4.11. The van der Waals surface area contributed by atoms with Gasteiger partial charge in [0.2, 0.25) is 0 Å². The first kappa shape index (κ1) is 25.4. The highest BCUT2D eigenvalue weighted by molar-refractivity contribution is 6.39. The molecule has 9 heteroatoms. The van der Waals surface area contributed by atoms with E-state index in [2.05, 4.69) is 15.4 Å². The summed E-state index contributed by atoms with van der Waals surface area (Å²) in [6.07, 6.45) is 0. The van der Waals surface area contributed by atoms with Gasteiger partial charge < -0.3 is 25.2 Å². The van der Waals surface area contributed by atoms with Crippen molar-refractivity contribution in [3.05, 3.63) is 81.8 Å². The molecule has 3 rings (SSSR count). The quantitative estimate of drug-likeness (QED) is 0.264. The Hall–Kier alpha value is -3.26. The van der Waals surface area contributed by atoms with E-state index >= 15 is 0 Å². The number of nitrogens with one attached hydrogen (secondary N) is 2. The molecule has 0 aliphatic rings. The maximum atomic E-state index is 11.8. The molecule has 3 aromatic carbocycles. The number of carbonyl (C=O) groups excluding carboxylic acids is 2. The zero-order valence-electron chi connectivity index (χ0n) is 18.6. The topological polar surface area (TPSA) is 96.9 Å². The highest BCUT2D eigenvalue weighted by Gasteiger charge is 2.18. The number of aromatic hydroxyl groups is 1. The minimum Gasteiger partial charge on any atom is -0.508 e. The van der Waals surface area contributed by atoms with Gasteiger partial charge >= 0.3 is 11.9 Å². The van der Waals surface area contributed by atoms with Crippen LogP contribution in [0.3, 0.4) is 0 Å². The number of rotatable bonds is 8. The summed E-state index contributed by atoms with van der Waals surface area (Å²) in [5.41, 5.74) is 1.97. The van der Waals surface area contributed by atoms with Crippen LogP contribution in [0.25, 0.3) is 0 Å². The number of amides is 1. The highest BCUT2D eigenvalue weighted by atomic mass is 35.5. The number of hydrogen-bond acceptors (Lipinski definition) is 6. The molecule has 0 radical (unpaired) electrons. The van der Waals surface area contributed by atoms with Gasteiger partial charge in [-0.15, -0.1) is 0 Å². The Balaban J connectivity index is 1.71. The summed E-state index contributed by atoms with van der Waals surface area (Å²) in [7, 11) is 0. The lowest BCUT2D eigenvalue weighted by Crippen LogP contribution is -2.24. The van der Waals surface area contributed by atoms with E-state index in [9.17, 15) is 14.7 Å². The predicted molar refractivity (Wildman–Crippen MR) is 132 cm³/mol. The zero-order valence-corrected chi connectivity index (χ0v) is 20.1. The predicted octanol–water partition coefficient (Wildman–Crippen LogP) is 5.84. The van der Waals surface area contributed by atoms with Crippen LogP contribution in [0.1, 0.15) is 31.0 Å². The Morgan fingerprint density at radius 3 is 2.35 bits per heavy atom. The second-order valence-corrected chi connectivity index (χ2v) is 8.16. The Morgan fingerprint density at radius 1 is 1.03 bits per heavy atom. The first-order valence-corrected chi connectivity index (χ1v) is 11.3. The van der Waals surface area contributed by atoms with Gasteiger partial charge in [0.05, 0.1) is 16.7 Å². The maximum absolute atomic E-state index is 11.8. The van der Waals surface area contributed by atoms with Crippen molar-refractivity contribution >= 4 is 40.8 Å². The molecule has 1 unspecified atom stereocenters. The molecule has 3 N–H and O–H groups in total. The van der Waals surface area contributed by atoms with Crippen molar-refractivity contribution in [2.45, 2.75) is 26.4 Å². The van der Waals surface area contributed by atoms with Crippen LogP contribution in [0.2, 0.25) is 10.0 Å². The normalized spacial score (nSPS) is 11.5. The molecule has 1 amide bonds. The van der Waals surface area contributed by atoms with E-state index in [1.165, 1.54) is 18.2 Å². The molecule has 178 valence electrons. The summed E-state index contributed by atoms with van der Waals surface area (Å²) >= 11 is 12.6. The van der Waals surface area contributed by atoms with Crippen molar-refractivity contribution in [1.29, 1.82) is 0 Å². The molecule has 0 heterocycles. The second kappa shape index (κ2) is 11.7. The van der Waals surface area contributed by atoms with Gasteiger partial charge in [0.1, 0.15) is 11.5 Å². The summed E-state index contributed by atoms with van der Waals surface area (Å²) in [4.78, 5) is 23.3. The Kier molecular flexibility index (Phi) is 8.76. The van der Waals surface area contributed by atoms with Crippen molar-refractivity contribution in [1.82, 2.24) is 5.32 Å². The van der Waals surface area contributed by atoms with Crippen LogP contribution in [0.5, 0.6) is 17.2 Å². The fraction of sp³-hybridized carbons (Fsp3) is 0.200. The number of phenolic OH excluding ortho intramolecular Hbond substituents is 1. The van der Waals surface area contributed by atoms with Crippen LogP contribution in [0.4, 0.5) is 5.69 Å². The number of halogens is 2. The molecule has 0 aliphatic carbocycles. The Morgan fingerprint density at radius 2 is 1.71 bits per heavy atom. The van der Waals surface area contributed by atoms with Crippen LogP contribution >= 0.6 is 23.2 Å². The Bertz CT molecular complexity index is 1150. The van der Waals surface area contributed by atoms with Gasteiger partial charge in [-0.25, -0.2) is 4.79 Å². The van der Waals surface area contributed by atoms with Crippen LogP contribution in [-0.2, 0) is 20.9 Å². The lowest BCUT2D eigenvalue weighted by atomic mass is 10.1. The van der Waals surface area contributed by atoms with Crippen LogP contribution in [-0.4, -0.2) is 23.6 Å². The van der Waals surface area contributed by atoms with E-state index in [4.69, 9.17) is 27.9 Å². The van der Waals surface area contributed by atoms with Gasteiger partial charge in [-0.05, 0) is 49.7 Å². The third kappa shape index (κ3) is 6.63. The fourth-order valence-corrected chi connectivity index (χ4v) is 3.68. The minimum atomic E-state index is -1.01. The lowest BCUT2D eigenvalue weighted by Gasteiger charge is -2.16. The summed E-state index contributed by atoms with van der Waals surface area (Å²) < 4.78 is 10.5. The van der Waals surface area contributed by atoms with Crippen LogP contribution in [0.15, 0.2) is 60.7 Å². The average Bonchev–Trinajstić information content (AvgIpc) is 2.82. The molecule has 0 bridgehead atoms. The van der Waals surface area contributed by atoms with Gasteiger partial charge in [-0.2, -0.15) is 0 Å². The molecular weight excluding hydrogens is 479 g/mol. The summed E-state index contributed by atoms with van der Waals surface area (Å²) in [5.74, 6) is -1.26. The largest absolute Gasteiger partial charge is 0.508 e. The smallest absolute Gasteiger partial charge is 0.397 e. The van der Waals surface area contributed by atoms with Crippen LogP contribution in [0, 0.1) is 0 Å². The van der Waals surface area contributed by atoms with Gasteiger partial charge in [0.15, 0.2) is 5.75 Å². The molecule has 7 nitrogen and oxygen atoms in total. The lowest BCUT2D eigenvalue weighted by molar-refractivity contribution is -0.152. The van der Waals surface area contributed by atoms with E-state index in [0.29, 0.717) is 17.9 Å². The molecule has 0 fully saturated rings. The standard InChI is InChI=1S/C25H24Cl2N2O5/c1-3-33-25(32)24(31)29-18-12-20(26)23(21(27)13-18)34-19-9-10-22(30)17(11-19)14-28-15(2)16-7-5-4-6-8-16/h4-13,15,28,30H,3,14H2,1-2H3,(H,29,31). The summed E-state index contributed by atoms with van der Waals surface area (Å²) in [5, 5.41) is 16.3. The second-order valence-electron chi connectivity index (χ2n) is 7.35. The molecule has 3 aromatic rings. The monoisotopic (exact) mass is 502 g/mol. The average molecular weight is 503 g/mol. The highest BCUT2D eigenvalue weighted by Crippen LogP contribution is 2.39. The number of hydrogen-bond donors (Lipinski definition) is 3. The SMILES string of the molecule is CCOC(=O)C(=O)Nc1cc(Cl)c(Oc2ccc(O)c(CNC(C)c3ccccc3)c2)c(Cl)c1. The van der Waals surface area contributed by atoms with Crippen molar-refractivity contribution in [2.75, 3.05) is 11.9 Å². The van der Waals surface area contributed by atoms with E-state index in [1.807, 2.05) is 37.3 Å². The maximum Gasteiger partial charge on any atom is 0.397 e. The van der Waals surface area contributed by atoms with Gasteiger partial charge in [-0.1, -0.05) is 53.5 Å². The van der Waals surface area contributed by atoms with Gasteiger partial charge in [0, 0.05) is 23.8 Å². The van der Waals surface area contributed by atoms with Crippen molar-refractivity contribution in [3.63, 3.8) is 0 Å². The third-order valence-corrected chi connectivity index (χ3v) is 5.45. The minimum absolute atomic E-state index is 0.0754. The number of esters is 1. The third-order valence-electron chi connectivity index (χ3n) is 4.89.